The molecule has 0 aliphatic carbocycles. The lowest BCUT2D eigenvalue weighted by Gasteiger charge is -2.23. The third-order valence-corrected chi connectivity index (χ3v) is 3.41. The Bertz CT molecular complexity index is 363. The summed E-state index contributed by atoms with van der Waals surface area (Å²) >= 11 is 7.13. The van der Waals surface area contributed by atoms with E-state index in [-0.39, 0.29) is 11.9 Å². The van der Waals surface area contributed by atoms with Crippen LogP contribution in [0.5, 0.6) is 0 Å². The van der Waals surface area contributed by atoms with Gasteiger partial charge in [-0.1, -0.05) is 11.6 Å². The Kier molecular flexibility index (Phi) is 4.17. The quantitative estimate of drug-likeness (QED) is 0.870. The smallest absolute Gasteiger partial charge is 0.226 e. The maximum Gasteiger partial charge on any atom is 0.226 e. The number of anilines is 1. The first-order chi connectivity index (χ1) is 7.74. The summed E-state index contributed by atoms with van der Waals surface area (Å²) in [5, 5.41) is 6.83. The summed E-state index contributed by atoms with van der Waals surface area (Å²) in [7, 11) is 0. The monoisotopic (exact) mass is 260 g/mol. The molecule has 1 unspecified atom stereocenters. The zero-order chi connectivity index (χ0) is 11.4. The summed E-state index contributed by atoms with van der Waals surface area (Å²) in [6.45, 7) is 2.13. The van der Waals surface area contributed by atoms with Gasteiger partial charge in [0, 0.05) is 19.0 Å². The van der Waals surface area contributed by atoms with Crippen molar-refractivity contribution in [2.75, 3.05) is 25.1 Å². The molecule has 1 aromatic rings. The van der Waals surface area contributed by atoms with Gasteiger partial charge in [-0.15, -0.1) is 11.3 Å². The van der Waals surface area contributed by atoms with Crippen molar-refractivity contribution < 1.29 is 9.53 Å². The van der Waals surface area contributed by atoms with Crippen molar-refractivity contribution in [3.63, 3.8) is 0 Å². The molecule has 1 aliphatic heterocycles. The van der Waals surface area contributed by atoms with Crippen molar-refractivity contribution in [2.45, 2.75) is 12.5 Å². The molecule has 1 saturated heterocycles. The minimum Gasteiger partial charge on any atom is -0.378 e. The van der Waals surface area contributed by atoms with E-state index >= 15 is 0 Å². The van der Waals surface area contributed by atoms with Crippen molar-refractivity contribution in [3.05, 3.63) is 16.5 Å². The van der Waals surface area contributed by atoms with Gasteiger partial charge in [-0.2, -0.15) is 0 Å². The van der Waals surface area contributed by atoms with E-state index in [1.54, 1.807) is 12.1 Å². The van der Waals surface area contributed by atoms with Crippen molar-refractivity contribution >= 4 is 33.8 Å². The van der Waals surface area contributed by atoms with Crippen LogP contribution in [0.2, 0.25) is 4.34 Å². The third kappa shape index (κ3) is 3.45. The number of hydrogen-bond donors (Lipinski definition) is 2. The summed E-state index contributed by atoms with van der Waals surface area (Å²) in [6, 6.07) is 3.68. The molecule has 88 valence electrons. The van der Waals surface area contributed by atoms with Crippen LogP contribution in [-0.2, 0) is 9.53 Å². The van der Waals surface area contributed by atoms with Gasteiger partial charge in [0.1, 0.15) is 0 Å². The Morgan fingerprint density at radius 2 is 2.56 bits per heavy atom. The van der Waals surface area contributed by atoms with Gasteiger partial charge >= 0.3 is 0 Å². The van der Waals surface area contributed by atoms with Gasteiger partial charge in [0.25, 0.3) is 0 Å². The van der Waals surface area contributed by atoms with Gasteiger partial charge in [0.2, 0.25) is 5.91 Å². The number of halogens is 1. The maximum atomic E-state index is 11.6. The fraction of sp³-hybridized carbons (Fsp3) is 0.500. The Labute approximate surface area is 103 Å². The summed E-state index contributed by atoms with van der Waals surface area (Å²) in [4.78, 5) is 11.6. The van der Waals surface area contributed by atoms with Gasteiger partial charge in [-0.3, -0.25) is 4.79 Å². The highest BCUT2D eigenvalue weighted by Crippen LogP contribution is 2.26. The number of nitrogens with one attached hydrogen (secondary N) is 2. The Morgan fingerprint density at radius 3 is 3.19 bits per heavy atom. The topological polar surface area (TPSA) is 50.4 Å². The molecule has 4 nitrogen and oxygen atoms in total. The predicted molar refractivity (Wildman–Crippen MR) is 65.2 cm³/mol. The van der Waals surface area contributed by atoms with E-state index < -0.39 is 0 Å². The van der Waals surface area contributed by atoms with Crippen LogP contribution < -0.4 is 10.6 Å². The van der Waals surface area contributed by atoms with Crippen molar-refractivity contribution in [1.29, 1.82) is 0 Å². The van der Waals surface area contributed by atoms with E-state index in [0.29, 0.717) is 17.4 Å². The SMILES string of the molecule is O=C(CC1COCCN1)Nc1ccc(Cl)s1. The first-order valence-electron chi connectivity index (χ1n) is 5.10. The zero-order valence-corrected chi connectivity index (χ0v) is 10.2. The van der Waals surface area contributed by atoms with E-state index in [4.69, 9.17) is 16.3 Å². The molecular weight excluding hydrogens is 248 g/mol. The number of rotatable bonds is 3. The lowest BCUT2D eigenvalue weighted by molar-refractivity contribution is -0.117. The number of carbonyl (C=O) groups is 1. The molecule has 2 rings (SSSR count). The summed E-state index contributed by atoms with van der Waals surface area (Å²) in [5.74, 6) is -0.0125. The summed E-state index contributed by atoms with van der Waals surface area (Å²) in [5.41, 5.74) is 0. The second-order valence-corrected chi connectivity index (χ2v) is 5.30. The van der Waals surface area contributed by atoms with E-state index in [2.05, 4.69) is 10.6 Å². The van der Waals surface area contributed by atoms with Crippen LogP contribution in [-0.4, -0.2) is 31.7 Å². The normalized spacial score (nSPS) is 20.7. The molecule has 1 amide bonds. The second-order valence-electron chi connectivity index (χ2n) is 3.58. The molecule has 0 spiro atoms. The molecule has 1 atom stereocenters. The summed E-state index contributed by atoms with van der Waals surface area (Å²) in [6.07, 6.45) is 0.426. The average molecular weight is 261 g/mol. The number of carbonyl (C=O) groups excluding carboxylic acids is 1. The van der Waals surface area contributed by atoms with Crippen molar-refractivity contribution in [2.24, 2.45) is 0 Å². The van der Waals surface area contributed by atoms with Crippen LogP contribution in [0.1, 0.15) is 6.42 Å². The first kappa shape index (κ1) is 11.9. The van der Waals surface area contributed by atoms with Crippen LogP contribution in [0.4, 0.5) is 5.00 Å². The highest BCUT2D eigenvalue weighted by atomic mass is 35.5. The highest BCUT2D eigenvalue weighted by molar-refractivity contribution is 7.20. The van der Waals surface area contributed by atoms with Crippen LogP contribution in [0.25, 0.3) is 0 Å². The molecule has 0 radical (unpaired) electrons. The Hall–Kier alpha value is -0.620. The van der Waals surface area contributed by atoms with Crippen molar-refractivity contribution in [1.82, 2.24) is 5.32 Å². The minimum atomic E-state index is -0.0125. The molecule has 16 heavy (non-hydrogen) atoms. The number of thiophene rings is 1. The molecule has 2 heterocycles. The van der Waals surface area contributed by atoms with Crippen molar-refractivity contribution in [3.8, 4) is 0 Å². The molecular formula is C10H13ClN2O2S. The van der Waals surface area contributed by atoms with Gasteiger partial charge in [0.05, 0.1) is 22.6 Å². The lowest BCUT2D eigenvalue weighted by atomic mass is 10.2. The average Bonchev–Trinajstić information content (AvgIpc) is 2.65. The molecule has 1 aromatic heterocycles. The van der Waals surface area contributed by atoms with Crippen LogP contribution in [0.3, 0.4) is 0 Å². The predicted octanol–water partition coefficient (Wildman–Crippen LogP) is 1.72. The number of ether oxygens (including phenoxy) is 1. The summed E-state index contributed by atoms with van der Waals surface area (Å²) < 4.78 is 5.95. The van der Waals surface area contributed by atoms with E-state index in [0.717, 1.165) is 18.2 Å². The third-order valence-electron chi connectivity index (χ3n) is 2.27. The Balaban J connectivity index is 1.79. The van der Waals surface area contributed by atoms with Crippen LogP contribution >= 0.6 is 22.9 Å². The Morgan fingerprint density at radius 1 is 1.69 bits per heavy atom. The zero-order valence-electron chi connectivity index (χ0n) is 8.66. The number of hydrogen-bond acceptors (Lipinski definition) is 4. The van der Waals surface area contributed by atoms with Gasteiger partial charge in [0.15, 0.2) is 0 Å². The highest BCUT2D eigenvalue weighted by Gasteiger charge is 2.17. The maximum absolute atomic E-state index is 11.6. The first-order valence-corrected chi connectivity index (χ1v) is 6.30. The second kappa shape index (κ2) is 5.63. The molecule has 2 N–H and O–H groups in total. The molecule has 0 saturated carbocycles. The van der Waals surface area contributed by atoms with E-state index in [9.17, 15) is 4.79 Å². The molecule has 0 aromatic carbocycles. The van der Waals surface area contributed by atoms with Gasteiger partial charge in [-0.05, 0) is 12.1 Å². The fourth-order valence-corrected chi connectivity index (χ4v) is 2.50. The molecule has 0 bridgehead atoms. The van der Waals surface area contributed by atoms with E-state index in [1.165, 1.54) is 11.3 Å². The largest absolute Gasteiger partial charge is 0.378 e. The van der Waals surface area contributed by atoms with Gasteiger partial charge in [-0.25, -0.2) is 0 Å². The standard InChI is InChI=1S/C10H13ClN2O2S/c11-8-1-2-10(16-8)13-9(14)5-7-6-15-4-3-12-7/h1-2,7,12H,3-6H2,(H,13,14). The molecule has 6 heteroatoms. The van der Waals surface area contributed by atoms with Crippen LogP contribution in [0.15, 0.2) is 12.1 Å². The molecule has 1 fully saturated rings. The minimum absolute atomic E-state index is 0.0125. The number of morpholine rings is 1. The fourth-order valence-electron chi connectivity index (χ4n) is 1.54. The van der Waals surface area contributed by atoms with E-state index in [1.807, 2.05) is 0 Å². The van der Waals surface area contributed by atoms with Crippen LogP contribution in [0, 0.1) is 0 Å². The van der Waals surface area contributed by atoms with Gasteiger partial charge < -0.3 is 15.4 Å². The molecule has 1 aliphatic rings. The number of amides is 1. The lowest BCUT2D eigenvalue weighted by Crippen LogP contribution is -2.43.